The predicted octanol–water partition coefficient (Wildman–Crippen LogP) is 1.38. The van der Waals surface area contributed by atoms with Crippen molar-refractivity contribution in [3.8, 4) is 5.75 Å². The summed E-state index contributed by atoms with van der Waals surface area (Å²) in [6, 6.07) is 6.70. The Balaban J connectivity index is 1.83. The third-order valence-corrected chi connectivity index (χ3v) is 4.40. The molecule has 1 aliphatic heterocycles. The van der Waals surface area contributed by atoms with Gasteiger partial charge in [0, 0.05) is 18.7 Å². The van der Waals surface area contributed by atoms with Gasteiger partial charge in [0.05, 0.1) is 19.1 Å². The maximum Gasteiger partial charge on any atom is 0.306 e. The second-order valence-corrected chi connectivity index (χ2v) is 6.19. The second-order valence-electron chi connectivity index (χ2n) is 6.19. The van der Waals surface area contributed by atoms with Crippen LogP contribution in [0.3, 0.4) is 0 Å². The number of hydrogen-bond donors (Lipinski definition) is 2. The van der Waals surface area contributed by atoms with E-state index >= 15 is 0 Å². The van der Waals surface area contributed by atoms with Gasteiger partial charge in [-0.1, -0.05) is 6.92 Å². The van der Waals surface area contributed by atoms with Crippen LogP contribution in [0.2, 0.25) is 0 Å². The Morgan fingerprint density at radius 2 is 1.96 bits per heavy atom. The molecule has 0 aromatic heterocycles. The summed E-state index contributed by atoms with van der Waals surface area (Å²) in [5, 5.41) is 11.7. The summed E-state index contributed by atoms with van der Waals surface area (Å²) in [5.41, 5.74) is 0.453. The Labute approximate surface area is 147 Å². The van der Waals surface area contributed by atoms with Crippen LogP contribution in [0.4, 0.5) is 0 Å². The van der Waals surface area contributed by atoms with Crippen molar-refractivity contribution in [2.45, 2.75) is 20.3 Å². The average Bonchev–Trinajstić information content (AvgIpc) is 2.59. The third-order valence-electron chi connectivity index (χ3n) is 4.40. The fraction of sp³-hybridized carbons (Fsp3) is 0.500. The summed E-state index contributed by atoms with van der Waals surface area (Å²) in [4.78, 5) is 37.1. The number of hydrogen-bond acceptors (Lipinski definition) is 4. The number of carbonyl (C=O) groups is 3. The first-order valence-electron chi connectivity index (χ1n) is 8.44. The lowest BCUT2D eigenvalue weighted by atomic mass is 9.87. The van der Waals surface area contributed by atoms with E-state index in [1.165, 1.54) is 0 Å². The summed E-state index contributed by atoms with van der Waals surface area (Å²) < 4.78 is 5.32. The Hall–Kier alpha value is -2.57. The first-order chi connectivity index (χ1) is 11.9. The molecule has 7 heteroatoms. The fourth-order valence-corrected chi connectivity index (χ4v) is 2.98. The lowest BCUT2D eigenvalue weighted by Crippen LogP contribution is -2.48. The number of piperidine rings is 1. The summed E-state index contributed by atoms with van der Waals surface area (Å²) in [6.07, 6.45) is 0.440. The molecule has 2 amide bonds. The highest BCUT2D eigenvalue weighted by Gasteiger charge is 2.32. The zero-order valence-electron chi connectivity index (χ0n) is 14.5. The van der Waals surface area contributed by atoms with E-state index < -0.39 is 11.9 Å². The molecule has 7 nitrogen and oxygen atoms in total. The molecule has 1 aliphatic rings. The number of nitrogens with zero attached hydrogens (tertiary/aromatic N) is 1. The van der Waals surface area contributed by atoms with Crippen LogP contribution in [0.25, 0.3) is 0 Å². The number of carbonyl (C=O) groups excluding carboxylic acids is 2. The van der Waals surface area contributed by atoms with Gasteiger partial charge in [-0.3, -0.25) is 14.4 Å². The van der Waals surface area contributed by atoms with E-state index in [0.29, 0.717) is 37.4 Å². The number of likely N-dealkylation sites (tertiary alicyclic amines) is 1. The van der Waals surface area contributed by atoms with Gasteiger partial charge in [0.25, 0.3) is 5.91 Å². The molecule has 1 heterocycles. The van der Waals surface area contributed by atoms with E-state index in [4.69, 9.17) is 9.84 Å². The highest BCUT2D eigenvalue weighted by molar-refractivity contribution is 5.96. The topological polar surface area (TPSA) is 95.9 Å². The molecular weight excluding hydrogens is 324 g/mol. The van der Waals surface area contributed by atoms with Crippen LogP contribution in [0, 0.1) is 11.8 Å². The van der Waals surface area contributed by atoms with Gasteiger partial charge in [0.15, 0.2) is 0 Å². The van der Waals surface area contributed by atoms with Crippen molar-refractivity contribution in [2.75, 3.05) is 26.2 Å². The molecule has 25 heavy (non-hydrogen) atoms. The van der Waals surface area contributed by atoms with Gasteiger partial charge in [-0.05, 0) is 43.5 Å². The first-order valence-corrected chi connectivity index (χ1v) is 8.44. The second kappa shape index (κ2) is 8.50. The van der Waals surface area contributed by atoms with Crippen molar-refractivity contribution in [1.29, 1.82) is 0 Å². The van der Waals surface area contributed by atoms with Crippen molar-refractivity contribution in [1.82, 2.24) is 10.2 Å². The molecule has 1 saturated heterocycles. The Kier molecular flexibility index (Phi) is 6.38. The van der Waals surface area contributed by atoms with E-state index in [1.54, 1.807) is 29.2 Å². The van der Waals surface area contributed by atoms with Gasteiger partial charge in [-0.2, -0.15) is 0 Å². The van der Waals surface area contributed by atoms with Crippen LogP contribution in [0.15, 0.2) is 24.3 Å². The molecule has 0 spiro atoms. The summed E-state index contributed by atoms with van der Waals surface area (Å²) in [7, 11) is 0. The summed E-state index contributed by atoms with van der Waals surface area (Å²) in [5.74, 6) is -1.17. The standard InChI is InChI=1S/C18H24N2O5/c1-3-25-14-6-4-13(5-7-14)17(22)19-10-16(21)20-9-8-15(18(23)24)12(2)11-20/h4-7,12,15H,3,8-11H2,1-2H3,(H,19,22)(H,23,24). The zero-order chi connectivity index (χ0) is 18.4. The lowest BCUT2D eigenvalue weighted by molar-refractivity contribution is -0.148. The largest absolute Gasteiger partial charge is 0.494 e. The minimum absolute atomic E-state index is 0.1000. The highest BCUT2D eigenvalue weighted by Crippen LogP contribution is 2.23. The Bertz CT molecular complexity index is 629. The molecule has 136 valence electrons. The predicted molar refractivity (Wildman–Crippen MR) is 91.4 cm³/mol. The zero-order valence-corrected chi connectivity index (χ0v) is 14.5. The van der Waals surface area contributed by atoms with Gasteiger partial charge < -0.3 is 20.1 Å². The first kappa shape index (κ1) is 18.8. The number of benzene rings is 1. The Morgan fingerprint density at radius 3 is 2.52 bits per heavy atom. The van der Waals surface area contributed by atoms with Crippen molar-refractivity contribution >= 4 is 17.8 Å². The van der Waals surface area contributed by atoms with Gasteiger partial charge in [0.2, 0.25) is 5.91 Å². The average molecular weight is 348 g/mol. The van der Waals surface area contributed by atoms with E-state index in [1.807, 2.05) is 13.8 Å². The molecule has 0 aliphatic carbocycles. The molecular formula is C18H24N2O5. The lowest BCUT2D eigenvalue weighted by Gasteiger charge is -2.35. The summed E-state index contributed by atoms with van der Waals surface area (Å²) in [6.45, 7) is 4.96. The molecule has 2 atom stereocenters. The van der Waals surface area contributed by atoms with Crippen LogP contribution in [0.1, 0.15) is 30.6 Å². The van der Waals surface area contributed by atoms with Crippen LogP contribution in [-0.2, 0) is 9.59 Å². The highest BCUT2D eigenvalue weighted by atomic mass is 16.5. The molecule has 1 aromatic rings. The third kappa shape index (κ3) is 4.95. The van der Waals surface area contributed by atoms with Crippen LogP contribution in [0.5, 0.6) is 5.75 Å². The monoisotopic (exact) mass is 348 g/mol. The quantitative estimate of drug-likeness (QED) is 0.810. The van der Waals surface area contributed by atoms with E-state index in [-0.39, 0.29) is 24.3 Å². The molecule has 2 rings (SSSR count). The van der Waals surface area contributed by atoms with Crippen LogP contribution < -0.4 is 10.1 Å². The maximum atomic E-state index is 12.2. The van der Waals surface area contributed by atoms with Gasteiger partial charge in [-0.15, -0.1) is 0 Å². The van der Waals surface area contributed by atoms with Gasteiger partial charge in [0.1, 0.15) is 5.75 Å². The normalized spacial score (nSPS) is 20.0. The van der Waals surface area contributed by atoms with E-state index in [9.17, 15) is 14.4 Å². The van der Waals surface area contributed by atoms with Crippen molar-refractivity contribution in [3.63, 3.8) is 0 Å². The van der Waals surface area contributed by atoms with E-state index in [2.05, 4.69) is 5.32 Å². The number of ether oxygens (including phenoxy) is 1. The van der Waals surface area contributed by atoms with E-state index in [0.717, 1.165) is 0 Å². The smallest absolute Gasteiger partial charge is 0.306 e. The fourth-order valence-electron chi connectivity index (χ4n) is 2.98. The van der Waals surface area contributed by atoms with Crippen LogP contribution in [-0.4, -0.2) is 54.0 Å². The molecule has 0 bridgehead atoms. The molecule has 2 N–H and O–H groups in total. The van der Waals surface area contributed by atoms with Crippen molar-refractivity contribution in [3.05, 3.63) is 29.8 Å². The molecule has 1 fully saturated rings. The molecule has 0 saturated carbocycles. The molecule has 1 aromatic carbocycles. The van der Waals surface area contributed by atoms with Crippen LogP contribution >= 0.6 is 0 Å². The molecule has 0 radical (unpaired) electrons. The molecule has 2 unspecified atom stereocenters. The number of aliphatic carboxylic acids is 1. The summed E-state index contributed by atoms with van der Waals surface area (Å²) >= 11 is 0. The SMILES string of the molecule is CCOc1ccc(C(=O)NCC(=O)N2CCC(C(=O)O)C(C)C2)cc1. The van der Waals surface area contributed by atoms with Crippen molar-refractivity contribution in [2.24, 2.45) is 11.8 Å². The van der Waals surface area contributed by atoms with Crippen molar-refractivity contribution < 1.29 is 24.2 Å². The number of nitrogens with one attached hydrogen (secondary N) is 1. The number of rotatable bonds is 6. The van der Waals surface area contributed by atoms with Gasteiger partial charge in [-0.25, -0.2) is 0 Å². The minimum Gasteiger partial charge on any atom is -0.494 e. The maximum absolute atomic E-state index is 12.2. The number of amides is 2. The Morgan fingerprint density at radius 1 is 1.28 bits per heavy atom. The number of carboxylic acid groups (broad SMARTS) is 1. The minimum atomic E-state index is -0.816. The van der Waals surface area contributed by atoms with Gasteiger partial charge >= 0.3 is 5.97 Å². The number of carboxylic acids is 1.